The molecular weight excluding hydrogens is 362 g/mol. The first-order valence-corrected chi connectivity index (χ1v) is 9.43. The number of benzene rings is 2. The zero-order chi connectivity index (χ0) is 16.9. The summed E-state index contributed by atoms with van der Waals surface area (Å²) in [4.78, 5) is 4.88. The molecule has 0 saturated heterocycles. The van der Waals surface area contributed by atoms with Gasteiger partial charge in [0.15, 0.2) is 5.90 Å². The third-order valence-electron chi connectivity index (χ3n) is 4.62. The molecular formula is C21H24BrNO. The van der Waals surface area contributed by atoms with E-state index in [4.69, 9.17) is 9.73 Å². The van der Waals surface area contributed by atoms with E-state index in [2.05, 4.69) is 84.4 Å². The van der Waals surface area contributed by atoms with Gasteiger partial charge in [-0.1, -0.05) is 78.3 Å². The third-order valence-corrected chi connectivity index (χ3v) is 5.40. The number of hydrogen-bond acceptors (Lipinski definition) is 2. The number of halogens is 1. The molecule has 2 aromatic carbocycles. The fraction of sp³-hybridized carbons (Fsp3) is 0.381. The van der Waals surface area contributed by atoms with E-state index in [0.717, 1.165) is 18.7 Å². The summed E-state index contributed by atoms with van der Waals surface area (Å²) in [5, 5.41) is 0. The lowest BCUT2D eigenvalue weighted by molar-refractivity contribution is 0.281. The van der Waals surface area contributed by atoms with Gasteiger partial charge >= 0.3 is 0 Å². The van der Waals surface area contributed by atoms with Crippen molar-refractivity contribution in [1.82, 2.24) is 0 Å². The summed E-state index contributed by atoms with van der Waals surface area (Å²) in [5.74, 6) is 1.65. The summed E-state index contributed by atoms with van der Waals surface area (Å²) in [6.45, 7) is 5.13. The number of nitrogens with zero attached hydrogens (tertiary/aromatic N) is 1. The number of aryl methyl sites for hydroxylation is 1. The van der Waals surface area contributed by atoms with Crippen molar-refractivity contribution in [1.29, 1.82) is 0 Å². The molecule has 126 valence electrons. The molecule has 0 aliphatic carbocycles. The number of rotatable bonds is 6. The highest BCUT2D eigenvalue weighted by Gasteiger charge is 2.28. The molecule has 0 spiro atoms. The van der Waals surface area contributed by atoms with E-state index in [-0.39, 0.29) is 12.0 Å². The summed E-state index contributed by atoms with van der Waals surface area (Å²) in [6, 6.07) is 19.3. The van der Waals surface area contributed by atoms with Gasteiger partial charge in [0.2, 0.25) is 0 Å². The Bertz CT molecular complexity index is 696. The zero-order valence-electron chi connectivity index (χ0n) is 14.3. The highest BCUT2D eigenvalue weighted by molar-refractivity contribution is 9.10. The largest absolute Gasteiger partial charge is 0.478 e. The average molecular weight is 386 g/mol. The first-order valence-electron chi connectivity index (χ1n) is 8.64. The summed E-state index contributed by atoms with van der Waals surface area (Å²) in [6.07, 6.45) is 1.99. The molecule has 3 rings (SSSR count). The maximum Gasteiger partial charge on any atom is 0.191 e. The number of aliphatic imine (C=N–C) groups is 1. The Hall–Kier alpha value is -1.61. The van der Waals surface area contributed by atoms with E-state index in [0.29, 0.717) is 12.5 Å². The topological polar surface area (TPSA) is 21.6 Å². The monoisotopic (exact) mass is 385 g/mol. The molecule has 2 atom stereocenters. The van der Waals surface area contributed by atoms with Gasteiger partial charge in [0, 0.05) is 4.47 Å². The van der Waals surface area contributed by atoms with Crippen molar-refractivity contribution >= 4 is 21.8 Å². The van der Waals surface area contributed by atoms with E-state index in [9.17, 15) is 0 Å². The van der Waals surface area contributed by atoms with Crippen LogP contribution < -0.4 is 0 Å². The second-order valence-electron chi connectivity index (χ2n) is 6.68. The lowest BCUT2D eigenvalue weighted by atomic mass is 9.92. The predicted molar refractivity (Wildman–Crippen MR) is 104 cm³/mol. The van der Waals surface area contributed by atoms with Crippen LogP contribution in [0.1, 0.15) is 37.3 Å². The highest BCUT2D eigenvalue weighted by Crippen LogP contribution is 2.29. The third kappa shape index (κ3) is 4.07. The number of ether oxygens (including phenoxy) is 1. The molecule has 2 nitrogen and oxygen atoms in total. The molecule has 0 amide bonds. The molecule has 0 N–H and O–H groups in total. The standard InChI is InChI=1S/C21H24BrNO/c1-15(2)20-14-24-21(23-20)18(16-8-4-3-5-9-16)13-12-17-10-6-7-11-19(17)22/h3-11,15,18,20H,12-14H2,1-2H3/t18?,20-/m1/s1. The van der Waals surface area contributed by atoms with Crippen LogP contribution in [0.3, 0.4) is 0 Å². The minimum atomic E-state index is 0.224. The second-order valence-corrected chi connectivity index (χ2v) is 7.54. The van der Waals surface area contributed by atoms with Crippen LogP contribution in [0.2, 0.25) is 0 Å². The first kappa shape index (κ1) is 17.2. The predicted octanol–water partition coefficient (Wildman–Crippen LogP) is 5.62. The highest BCUT2D eigenvalue weighted by atomic mass is 79.9. The summed E-state index contributed by atoms with van der Waals surface area (Å²) < 4.78 is 7.17. The Labute approximate surface area is 153 Å². The molecule has 0 aromatic heterocycles. The van der Waals surface area contributed by atoms with Gasteiger partial charge in [0.25, 0.3) is 0 Å². The van der Waals surface area contributed by atoms with Crippen LogP contribution in [0.4, 0.5) is 0 Å². The van der Waals surface area contributed by atoms with Crippen LogP contribution in [0.15, 0.2) is 64.1 Å². The summed E-state index contributed by atoms with van der Waals surface area (Å²) >= 11 is 3.65. The van der Waals surface area contributed by atoms with Gasteiger partial charge in [-0.15, -0.1) is 0 Å². The molecule has 0 fully saturated rings. The molecule has 0 bridgehead atoms. The van der Waals surface area contributed by atoms with E-state index < -0.39 is 0 Å². The van der Waals surface area contributed by atoms with Crippen LogP contribution in [-0.4, -0.2) is 18.5 Å². The zero-order valence-corrected chi connectivity index (χ0v) is 15.9. The molecule has 1 aliphatic heterocycles. The van der Waals surface area contributed by atoms with E-state index >= 15 is 0 Å². The smallest absolute Gasteiger partial charge is 0.191 e. The van der Waals surface area contributed by atoms with Crippen LogP contribution in [0.25, 0.3) is 0 Å². The molecule has 1 unspecified atom stereocenters. The molecule has 1 aliphatic rings. The van der Waals surface area contributed by atoms with Gasteiger partial charge in [0.05, 0.1) is 12.0 Å². The maximum absolute atomic E-state index is 6.00. The van der Waals surface area contributed by atoms with Gasteiger partial charge < -0.3 is 4.74 Å². The normalized spacial score (nSPS) is 18.3. The SMILES string of the molecule is CC(C)[C@H]1COC(C(CCc2ccccc2Br)c2ccccc2)=N1. The van der Waals surface area contributed by atoms with Crippen molar-refractivity contribution in [2.24, 2.45) is 10.9 Å². The van der Waals surface area contributed by atoms with Crippen molar-refractivity contribution in [2.45, 2.75) is 38.6 Å². The fourth-order valence-corrected chi connectivity index (χ4v) is 3.54. The van der Waals surface area contributed by atoms with Crippen molar-refractivity contribution in [3.63, 3.8) is 0 Å². The quantitative estimate of drug-likeness (QED) is 0.632. The molecule has 24 heavy (non-hydrogen) atoms. The van der Waals surface area contributed by atoms with Crippen LogP contribution in [-0.2, 0) is 11.2 Å². The average Bonchev–Trinajstić information content (AvgIpc) is 3.08. The molecule has 1 heterocycles. The minimum absolute atomic E-state index is 0.224. The summed E-state index contributed by atoms with van der Waals surface area (Å²) in [7, 11) is 0. The van der Waals surface area contributed by atoms with Gasteiger partial charge in [-0.05, 0) is 36.0 Å². The molecule has 0 radical (unpaired) electrons. The van der Waals surface area contributed by atoms with Gasteiger partial charge in [-0.2, -0.15) is 0 Å². The Kier molecular flexibility index (Phi) is 5.72. The summed E-state index contributed by atoms with van der Waals surface area (Å²) in [5.41, 5.74) is 2.62. The van der Waals surface area contributed by atoms with Crippen molar-refractivity contribution in [3.8, 4) is 0 Å². The minimum Gasteiger partial charge on any atom is -0.478 e. The maximum atomic E-state index is 6.00. The van der Waals surface area contributed by atoms with Crippen molar-refractivity contribution in [2.75, 3.05) is 6.61 Å². The van der Waals surface area contributed by atoms with Crippen LogP contribution >= 0.6 is 15.9 Å². The lowest BCUT2D eigenvalue weighted by Gasteiger charge is -2.17. The second kappa shape index (κ2) is 7.98. The van der Waals surface area contributed by atoms with Gasteiger partial charge in [0.1, 0.15) is 6.61 Å². The first-order chi connectivity index (χ1) is 11.6. The fourth-order valence-electron chi connectivity index (χ4n) is 3.06. The van der Waals surface area contributed by atoms with E-state index in [1.54, 1.807) is 0 Å². The number of hydrogen-bond donors (Lipinski definition) is 0. The van der Waals surface area contributed by atoms with Gasteiger partial charge in [-0.3, -0.25) is 0 Å². The molecule has 2 aromatic rings. The van der Waals surface area contributed by atoms with Crippen LogP contribution in [0.5, 0.6) is 0 Å². The Morgan fingerprint density at radius 3 is 2.46 bits per heavy atom. The van der Waals surface area contributed by atoms with Crippen molar-refractivity contribution < 1.29 is 4.74 Å². The van der Waals surface area contributed by atoms with E-state index in [1.165, 1.54) is 15.6 Å². The van der Waals surface area contributed by atoms with Gasteiger partial charge in [-0.25, -0.2) is 4.99 Å². The lowest BCUT2D eigenvalue weighted by Crippen LogP contribution is -2.14. The Morgan fingerprint density at radius 2 is 1.79 bits per heavy atom. The molecule has 0 saturated carbocycles. The van der Waals surface area contributed by atoms with Crippen molar-refractivity contribution in [3.05, 3.63) is 70.2 Å². The van der Waals surface area contributed by atoms with Crippen LogP contribution in [0, 0.1) is 5.92 Å². The Balaban J connectivity index is 1.81. The Morgan fingerprint density at radius 1 is 1.08 bits per heavy atom. The molecule has 3 heteroatoms. The van der Waals surface area contributed by atoms with E-state index in [1.807, 2.05) is 0 Å².